The van der Waals surface area contributed by atoms with Gasteiger partial charge < -0.3 is 10.1 Å². The number of hydrogen-bond donors (Lipinski definition) is 1. The first-order valence-electron chi connectivity index (χ1n) is 8.30. The number of aliphatic hydroxyl groups excluding tert-OH is 1. The summed E-state index contributed by atoms with van der Waals surface area (Å²) in [5, 5.41) is 11.6. The molecule has 3 heterocycles. The standard InChI is InChI=1S/C20H17N4O3/c1-23(2)20(26)24-11-15(14-7-3-4-8-17(14)24)18(25)16-12-27-19(22-16)13-6-5-9-21-10-13/h3-12,25H,1-2H3/q-1. The van der Waals surface area contributed by atoms with E-state index in [1.165, 1.54) is 15.7 Å². The zero-order chi connectivity index (χ0) is 19.0. The summed E-state index contributed by atoms with van der Waals surface area (Å²) >= 11 is 0. The number of aromatic nitrogens is 3. The summed E-state index contributed by atoms with van der Waals surface area (Å²) in [4.78, 5) is 22.3. The van der Waals surface area contributed by atoms with Gasteiger partial charge in [-0.15, -0.1) is 29.1 Å². The number of carbonyl (C=O) groups excluding carboxylic acids is 1. The highest BCUT2D eigenvalue weighted by Gasteiger charge is 2.20. The number of rotatable bonds is 3. The van der Waals surface area contributed by atoms with Crippen LogP contribution in [0, 0.1) is 6.10 Å². The number of hydrogen-bond acceptors (Lipinski definition) is 4. The highest BCUT2D eigenvalue weighted by molar-refractivity contribution is 5.85. The third-order valence-electron chi connectivity index (χ3n) is 4.21. The average molecular weight is 361 g/mol. The molecule has 4 aromatic rings. The first-order chi connectivity index (χ1) is 13.1. The third kappa shape index (κ3) is 2.94. The molecule has 0 spiro atoms. The molecule has 4 rings (SSSR count). The van der Waals surface area contributed by atoms with Crippen LogP contribution in [-0.4, -0.2) is 40.1 Å². The monoisotopic (exact) mass is 361 g/mol. The summed E-state index contributed by atoms with van der Waals surface area (Å²) in [5.74, 6) is 0.359. The summed E-state index contributed by atoms with van der Waals surface area (Å²) in [6.07, 6.45) is 6.23. The van der Waals surface area contributed by atoms with Gasteiger partial charge in [0, 0.05) is 23.5 Å². The number of amides is 1. The fourth-order valence-corrected chi connectivity index (χ4v) is 2.88. The Morgan fingerprint density at radius 1 is 1.30 bits per heavy atom. The topological polar surface area (TPSA) is 81.5 Å². The van der Waals surface area contributed by atoms with E-state index in [-0.39, 0.29) is 17.8 Å². The van der Waals surface area contributed by atoms with E-state index in [0.29, 0.717) is 22.5 Å². The van der Waals surface area contributed by atoms with Crippen LogP contribution >= 0.6 is 0 Å². The Morgan fingerprint density at radius 2 is 2.15 bits per heavy atom. The number of fused-ring (bicyclic) bond motifs is 1. The third-order valence-corrected chi connectivity index (χ3v) is 4.21. The van der Waals surface area contributed by atoms with Crippen molar-refractivity contribution >= 4 is 16.9 Å². The molecule has 0 atom stereocenters. The van der Waals surface area contributed by atoms with Gasteiger partial charge in [-0.1, -0.05) is 12.1 Å². The number of para-hydroxylation sites is 1. The van der Waals surface area contributed by atoms with E-state index in [9.17, 15) is 9.90 Å². The van der Waals surface area contributed by atoms with Gasteiger partial charge in [0.05, 0.1) is 19.8 Å². The Hall–Kier alpha value is -3.58. The number of benzene rings is 1. The molecule has 0 aliphatic carbocycles. The van der Waals surface area contributed by atoms with Crippen LogP contribution in [0.1, 0.15) is 11.3 Å². The Balaban J connectivity index is 1.77. The minimum absolute atomic E-state index is 0.0598. The Kier molecular flexibility index (Phi) is 4.13. The molecule has 1 N–H and O–H groups in total. The molecule has 7 heteroatoms. The predicted molar refractivity (Wildman–Crippen MR) is 97.3 cm³/mol. The smallest absolute Gasteiger partial charge is 0.418 e. The molecule has 0 fully saturated rings. The van der Waals surface area contributed by atoms with Crippen LogP contribution in [-0.2, 0) is 0 Å². The van der Waals surface area contributed by atoms with Crippen molar-refractivity contribution in [3.63, 3.8) is 0 Å². The second-order valence-corrected chi connectivity index (χ2v) is 6.24. The van der Waals surface area contributed by atoms with E-state index in [0.717, 1.165) is 5.39 Å². The quantitative estimate of drug-likeness (QED) is 0.345. The summed E-state index contributed by atoms with van der Waals surface area (Å²) in [6.45, 7) is 0. The normalized spacial score (nSPS) is 10.9. The van der Waals surface area contributed by atoms with E-state index in [1.54, 1.807) is 38.8 Å². The van der Waals surface area contributed by atoms with Crippen LogP contribution in [0.2, 0.25) is 0 Å². The molecule has 0 saturated heterocycles. The summed E-state index contributed by atoms with van der Waals surface area (Å²) in [7, 11) is 3.36. The molecule has 0 aliphatic rings. The highest BCUT2D eigenvalue weighted by Crippen LogP contribution is 2.28. The molecule has 0 bridgehead atoms. The molecular weight excluding hydrogens is 344 g/mol. The fourth-order valence-electron chi connectivity index (χ4n) is 2.88. The lowest BCUT2D eigenvalue weighted by Gasteiger charge is -2.15. The van der Waals surface area contributed by atoms with E-state index in [2.05, 4.69) is 9.97 Å². The Morgan fingerprint density at radius 3 is 2.89 bits per heavy atom. The number of pyridine rings is 1. The maximum atomic E-state index is 12.5. The lowest BCUT2D eigenvalue weighted by atomic mass is 10.1. The Labute approximate surface area is 155 Å². The largest absolute Gasteiger partial charge is 0.441 e. The molecule has 1 aromatic carbocycles. The summed E-state index contributed by atoms with van der Waals surface area (Å²) in [6, 6.07) is 10.8. The molecule has 3 aromatic heterocycles. The summed E-state index contributed by atoms with van der Waals surface area (Å²) in [5.41, 5.74) is 2.20. The average Bonchev–Trinajstić information content (AvgIpc) is 3.33. The van der Waals surface area contributed by atoms with Crippen LogP contribution in [0.15, 0.2) is 65.7 Å². The molecule has 27 heavy (non-hydrogen) atoms. The van der Waals surface area contributed by atoms with Crippen molar-refractivity contribution in [1.29, 1.82) is 0 Å². The van der Waals surface area contributed by atoms with Crippen molar-refractivity contribution < 1.29 is 18.9 Å². The first kappa shape index (κ1) is 16.9. The molecule has 0 saturated carbocycles. The van der Waals surface area contributed by atoms with Gasteiger partial charge in [-0.25, -0.2) is 9.78 Å². The zero-order valence-corrected chi connectivity index (χ0v) is 14.8. The van der Waals surface area contributed by atoms with Crippen LogP contribution in [0.5, 0.6) is 0 Å². The van der Waals surface area contributed by atoms with Crippen molar-refractivity contribution in [2.45, 2.75) is 0 Å². The maximum absolute atomic E-state index is 12.5. The first-order valence-corrected chi connectivity index (χ1v) is 8.30. The lowest BCUT2D eigenvalue weighted by Crippen LogP contribution is -2.48. The van der Waals surface area contributed by atoms with Crippen LogP contribution < -0.4 is 4.57 Å². The van der Waals surface area contributed by atoms with Gasteiger partial charge in [0.25, 0.3) is 0 Å². The highest BCUT2D eigenvalue weighted by atomic mass is 16.3. The molecule has 1 amide bonds. The van der Waals surface area contributed by atoms with Gasteiger partial charge >= 0.3 is 11.9 Å². The van der Waals surface area contributed by atoms with Crippen LogP contribution in [0.25, 0.3) is 22.4 Å². The van der Waals surface area contributed by atoms with Crippen molar-refractivity contribution in [2.75, 3.05) is 14.1 Å². The molecular formula is C20H17N4O3-. The van der Waals surface area contributed by atoms with Crippen molar-refractivity contribution in [3.05, 3.63) is 78.6 Å². The molecule has 0 aliphatic heterocycles. The number of carbonyl (C=O) groups is 1. The van der Waals surface area contributed by atoms with Crippen molar-refractivity contribution in [1.82, 2.24) is 14.9 Å². The maximum Gasteiger partial charge on any atom is 0.441 e. The van der Waals surface area contributed by atoms with Crippen molar-refractivity contribution in [2.24, 2.45) is 0 Å². The van der Waals surface area contributed by atoms with E-state index in [1.807, 2.05) is 30.3 Å². The van der Waals surface area contributed by atoms with Crippen LogP contribution in [0.3, 0.4) is 0 Å². The van der Waals surface area contributed by atoms with Gasteiger partial charge in [0.1, 0.15) is 0 Å². The molecule has 0 unspecified atom stereocenters. The van der Waals surface area contributed by atoms with Gasteiger partial charge in [-0.05, 0) is 12.3 Å². The van der Waals surface area contributed by atoms with E-state index < -0.39 is 0 Å². The number of oxazole rings is 1. The molecule has 136 valence electrons. The minimum atomic E-state index is -0.207. The minimum Gasteiger partial charge on any atom is -0.418 e. The summed E-state index contributed by atoms with van der Waals surface area (Å²) < 4.78 is 6.99. The number of nitrogens with zero attached hydrogens (tertiary/aromatic N) is 4. The van der Waals surface area contributed by atoms with Crippen LogP contribution in [0.4, 0.5) is 4.79 Å². The fraction of sp³-hybridized carbons (Fsp3) is 0.100. The van der Waals surface area contributed by atoms with E-state index in [4.69, 9.17) is 4.42 Å². The van der Waals surface area contributed by atoms with Gasteiger partial charge in [0.15, 0.2) is 0 Å². The number of aliphatic hydroxyl groups is 1. The van der Waals surface area contributed by atoms with Gasteiger partial charge in [-0.2, -0.15) is 6.07 Å². The second kappa shape index (κ2) is 6.62. The van der Waals surface area contributed by atoms with Gasteiger partial charge in [0.2, 0.25) is 6.26 Å². The second-order valence-electron chi connectivity index (χ2n) is 6.24. The molecule has 0 radical (unpaired) electrons. The van der Waals surface area contributed by atoms with E-state index >= 15 is 0 Å². The zero-order valence-electron chi connectivity index (χ0n) is 14.8. The lowest BCUT2D eigenvalue weighted by molar-refractivity contribution is -0.547. The SMILES string of the molecule is CN(C)C(=O)[n+]1cc([C-](O)c2c[o+][c-](-c3cccnc3)n2)c2cccc[c-]21. The predicted octanol–water partition coefficient (Wildman–Crippen LogP) is 2.73. The van der Waals surface area contributed by atoms with Crippen molar-refractivity contribution in [3.8, 4) is 11.5 Å². The molecule has 7 nitrogen and oxygen atoms in total. The van der Waals surface area contributed by atoms with Gasteiger partial charge in [-0.3, -0.25) is 13.9 Å². The Bertz CT molecular complexity index is 1100.